The molecule has 0 saturated heterocycles. The van der Waals surface area contributed by atoms with Crippen molar-refractivity contribution >= 4 is 0 Å². The van der Waals surface area contributed by atoms with Crippen molar-refractivity contribution in [2.45, 2.75) is 77.8 Å². The molecule has 2 heteroatoms. The average molecular weight is 240 g/mol. The molecule has 1 fully saturated rings. The third kappa shape index (κ3) is 4.97. The second kappa shape index (κ2) is 8.10. The Morgan fingerprint density at radius 3 is 2.35 bits per heavy atom. The molecular weight excluding hydrogens is 208 g/mol. The molecule has 0 radical (unpaired) electrons. The molecule has 1 unspecified atom stereocenters. The molecule has 1 atom stereocenters. The molecule has 2 nitrogen and oxygen atoms in total. The monoisotopic (exact) mass is 240 g/mol. The van der Waals surface area contributed by atoms with Gasteiger partial charge in [0.05, 0.1) is 0 Å². The Hall–Kier alpha value is -0.0800. The first-order valence-corrected chi connectivity index (χ1v) is 7.64. The molecule has 0 aliphatic heterocycles. The van der Waals surface area contributed by atoms with Crippen molar-refractivity contribution in [3.05, 3.63) is 0 Å². The zero-order valence-corrected chi connectivity index (χ0v) is 12.1. The van der Waals surface area contributed by atoms with Crippen molar-refractivity contribution in [3.63, 3.8) is 0 Å². The van der Waals surface area contributed by atoms with E-state index in [-0.39, 0.29) is 0 Å². The van der Waals surface area contributed by atoms with Crippen molar-refractivity contribution in [3.8, 4) is 0 Å². The summed E-state index contributed by atoms with van der Waals surface area (Å²) >= 11 is 0. The maximum Gasteiger partial charge on any atom is 0.0221 e. The van der Waals surface area contributed by atoms with Gasteiger partial charge >= 0.3 is 0 Å². The topological polar surface area (TPSA) is 29.3 Å². The van der Waals surface area contributed by atoms with E-state index in [1.54, 1.807) is 0 Å². The molecule has 0 bridgehead atoms. The smallest absolute Gasteiger partial charge is 0.0221 e. The lowest BCUT2D eigenvalue weighted by molar-refractivity contribution is 0.114. The average Bonchev–Trinajstić information content (AvgIpc) is 2.81. The van der Waals surface area contributed by atoms with Crippen LogP contribution >= 0.6 is 0 Å². The van der Waals surface area contributed by atoms with Gasteiger partial charge in [-0.25, -0.2) is 0 Å². The standard InChI is InChI=1S/C15H32N2/c1-4-5-8-15(11-16)17(12-13(2)3)14-9-6-7-10-14/h13-15H,4-12,16H2,1-3H3. The summed E-state index contributed by atoms with van der Waals surface area (Å²) in [4.78, 5) is 2.74. The number of nitrogens with two attached hydrogens (primary N) is 1. The first-order valence-electron chi connectivity index (χ1n) is 7.64. The van der Waals surface area contributed by atoms with Gasteiger partial charge in [0.2, 0.25) is 0 Å². The lowest BCUT2D eigenvalue weighted by Crippen LogP contribution is -2.47. The van der Waals surface area contributed by atoms with E-state index >= 15 is 0 Å². The fourth-order valence-corrected chi connectivity index (χ4v) is 3.11. The molecule has 1 aliphatic carbocycles. The van der Waals surface area contributed by atoms with Crippen LogP contribution in [-0.2, 0) is 0 Å². The van der Waals surface area contributed by atoms with Crippen LogP contribution in [0.1, 0.15) is 65.7 Å². The van der Waals surface area contributed by atoms with E-state index in [9.17, 15) is 0 Å². The van der Waals surface area contributed by atoms with Gasteiger partial charge in [0.25, 0.3) is 0 Å². The second-order valence-electron chi connectivity index (χ2n) is 6.06. The third-order valence-corrected chi connectivity index (χ3v) is 4.00. The number of unbranched alkanes of at least 4 members (excludes halogenated alkanes) is 1. The highest BCUT2D eigenvalue weighted by Crippen LogP contribution is 2.27. The zero-order chi connectivity index (χ0) is 12.7. The highest BCUT2D eigenvalue weighted by atomic mass is 15.2. The summed E-state index contributed by atoms with van der Waals surface area (Å²) in [6, 6.07) is 1.45. The number of hydrogen-bond donors (Lipinski definition) is 1. The molecule has 0 spiro atoms. The van der Waals surface area contributed by atoms with E-state index in [0.717, 1.165) is 18.5 Å². The number of rotatable bonds is 8. The van der Waals surface area contributed by atoms with Crippen LogP contribution in [-0.4, -0.2) is 30.1 Å². The molecule has 0 heterocycles. The van der Waals surface area contributed by atoms with Crippen LogP contribution in [0.4, 0.5) is 0 Å². The summed E-state index contributed by atoms with van der Waals surface area (Å²) in [5, 5.41) is 0. The van der Waals surface area contributed by atoms with Crippen LogP contribution in [0.25, 0.3) is 0 Å². The van der Waals surface area contributed by atoms with E-state index in [0.29, 0.717) is 6.04 Å². The zero-order valence-electron chi connectivity index (χ0n) is 12.1. The van der Waals surface area contributed by atoms with E-state index in [1.165, 1.54) is 51.5 Å². The van der Waals surface area contributed by atoms with E-state index in [2.05, 4.69) is 25.7 Å². The third-order valence-electron chi connectivity index (χ3n) is 4.00. The number of nitrogens with zero attached hydrogens (tertiary/aromatic N) is 1. The Balaban J connectivity index is 2.57. The summed E-state index contributed by atoms with van der Waals surface area (Å²) in [5.41, 5.74) is 6.02. The lowest BCUT2D eigenvalue weighted by atomic mass is 10.0. The van der Waals surface area contributed by atoms with Crippen LogP contribution in [0.2, 0.25) is 0 Å². The second-order valence-corrected chi connectivity index (χ2v) is 6.06. The van der Waals surface area contributed by atoms with Crippen molar-refractivity contribution in [1.82, 2.24) is 4.90 Å². The summed E-state index contributed by atoms with van der Waals surface area (Å²) in [6.07, 6.45) is 9.54. The molecule has 2 N–H and O–H groups in total. The van der Waals surface area contributed by atoms with Gasteiger partial charge in [-0.15, -0.1) is 0 Å². The van der Waals surface area contributed by atoms with Gasteiger partial charge in [-0.1, -0.05) is 46.5 Å². The van der Waals surface area contributed by atoms with Crippen LogP contribution in [0, 0.1) is 5.92 Å². The predicted molar refractivity (Wildman–Crippen MR) is 76.2 cm³/mol. The normalized spacial score (nSPS) is 19.4. The van der Waals surface area contributed by atoms with Crippen molar-refractivity contribution in [2.75, 3.05) is 13.1 Å². The Bertz CT molecular complexity index is 185. The Labute approximate surface area is 108 Å². The molecule has 1 rings (SSSR count). The van der Waals surface area contributed by atoms with Gasteiger partial charge in [0.15, 0.2) is 0 Å². The van der Waals surface area contributed by atoms with Gasteiger partial charge in [-0.05, 0) is 25.2 Å². The summed E-state index contributed by atoms with van der Waals surface area (Å²) in [6.45, 7) is 9.00. The Morgan fingerprint density at radius 2 is 1.88 bits per heavy atom. The maximum atomic E-state index is 6.02. The molecule has 0 aromatic heterocycles. The Morgan fingerprint density at radius 1 is 1.24 bits per heavy atom. The van der Waals surface area contributed by atoms with Crippen LogP contribution in [0.15, 0.2) is 0 Å². The van der Waals surface area contributed by atoms with E-state index < -0.39 is 0 Å². The summed E-state index contributed by atoms with van der Waals surface area (Å²) in [7, 11) is 0. The minimum absolute atomic E-state index is 0.625. The molecule has 102 valence electrons. The fourth-order valence-electron chi connectivity index (χ4n) is 3.11. The van der Waals surface area contributed by atoms with Crippen LogP contribution in [0.3, 0.4) is 0 Å². The largest absolute Gasteiger partial charge is 0.329 e. The molecule has 0 amide bonds. The lowest BCUT2D eigenvalue weighted by Gasteiger charge is -2.37. The first kappa shape index (κ1) is 15.0. The van der Waals surface area contributed by atoms with Gasteiger partial charge in [0, 0.05) is 25.2 Å². The predicted octanol–water partition coefficient (Wildman–Crippen LogP) is 3.40. The van der Waals surface area contributed by atoms with Crippen molar-refractivity contribution < 1.29 is 0 Å². The summed E-state index contributed by atoms with van der Waals surface area (Å²) in [5.74, 6) is 0.756. The van der Waals surface area contributed by atoms with Crippen molar-refractivity contribution in [1.29, 1.82) is 0 Å². The molecule has 1 saturated carbocycles. The first-order chi connectivity index (χ1) is 8.19. The van der Waals surface area contributed by atoms with E-state index in [1.807, 2.05) is 0 Å². The van der Waals surface area contributed by atoms with Crippen molar-refractivity contribution in [2.24, 2.45) is 11.7 Å². The molecule has 0 aromatic carbocycles. The fraction of sp³-hybridized carbons (Fsp3) is 1.00. The van der Waals surface area contributed by atoms with Gasteiger partial charge in [0.1, 0.15) is 0 Å². The molecular formula is C15H32N2. The van der Waals surface area contributed by atoms with E-state index in [4.69, 9.17) is 5.73 Å². The SMILES string of the molecule is CCCCC(CN)N(CC(C)C)C1CCCC1. The minimum atomic E-state index is 0.625. The summed E-state index contributed by atoms with van der Waals surface area (Å²) < 4.78 is 0. The minimum Gasteiger partial charge on any atom is -0.329 e. The molecule has 1 aliphatic rings. The Kier molecular flexibility index (Phi) is 7.14. The quantitative estimate of drug-likeness (QED) is 0.704. The maximum absolute atomic E-state index is 6.02. The highest BCUT2D eigenvalue weighted by Gasteiger charge is 2.27. The van der Waals surface area contributed by atoms with Gasteiger partial charge in [-0.2, -0.15) is 0 Å². The van der Waals surface area contributed by atoms with Gasteiger partial charge < -0.3 is 5.73 Å². The van der Waals surface area contributed by atoms with Crippen LogP contribution in [0.5, 0.6) is 0 Å². The number of hydrogen-bond acceptors (Lipinski definition) is 2. The van der Waals surface area contributed by atoms with Crippen LogP contribution < -0.4 is 5.73 Å². The molecule has 17 heavy (non-hydrogen) atoms. The van der Waals surface area contributed by atoms with Gasteiger partial charge in [-0.3, -0.25) is 4.90 Å². The molecule has 0 aromatic rings. The highest BCUT2D eigenvalue weighted by molar-refractivity contribution is 4.84.